The number of likely N-dealkylation sites (tertiary alicyclic amines) is 1. The average Bonchev–Trinajstić information content (AvgIpc) is 3.47. The van der Waals surface area contributed by atoms with Gasteiger partial charge in [0.15, 0.2) is 0 Å². The summed E-state index contributed by atoms with van der Waals surface area (Å²) >= 11 is 0. The number of likely N-dealkylation sites (N-methyl/N-ethyl adjacent to an activating group) is 1. The number of aryl methyl sites for hydroxylation is 1. The van der Waals surface area contributed by atoms with Gasteiger partial charge >= 0.3 is 5.97 Å². The van der Waals surface area contributed by atoms with E-state index in [0.717, 1.165) is 30.6 Å². The number of aliphatic carboxylic acids is 1. The van der Waals surface area contributed by atoms with Gasteiger partial charge in [0, 0.05) is 13.0 Å². The van der Waals surface area contributed by atoms with Crippen molar-refractivity contribution in [3.8, 4) is 0 Å². The number of nitrogens with one attached hydrogen (secondary N) is 1. The predicted molar refractivity (Wildman–Crippen MR) is 176 cm³/mol. The fourth-order valence-corrected chi connectivity index (χ4v) is 4.61. The molecule has 2 fully saturated rings. The zero-order valence-electron chi connectivity index (χ0n) is 28.5. The molecule has 43 heavy (non-hydrogen) atoms. The third-order valence-electron chi connectivity index (χ3n) is 6.86. The quantitative estimate of drug-likeness (QED) is 0.217. The summed E-state index contributed by atoms with van der Waals surface area (Å²) in [5.74, 6) is 0.00287. The summed E-state index contributed by atoms with van der Waals surface area (Å²) in [4.78, 5) is 43.4. The van der Waals surface area contributed by atoms with Crippen molar-refractivity contribution in [1.82, 2.24) is 10.2 Å². The Bertz CT molecular complexity index is 862. The molecule has 1 amide bonds. The van der Waals surface area contributed by atoms with Crippen molar-refractivity contribution in [2.75, 3.05) is 20.1 Å². The fourth-order valence-electron chi connectivity index (χ4n) is 4.61. The average molecular weight is 607 g/mol. The highest BCUT2D eigenvalue weighted by Crippen LogP contribution is 2.22. The molecule has 1 saturated carbocycles. The molecule has 2 aliphatic rings. The third-order valence-corrected chi connectivity index (χ3v) is 6.86. The summed E-state index contributed by atoms with van der Waals surface area (Å²) in [6.07, 6.45) is 15.2. The molecule has 1 heterocycles. The number of nitrogens with zero attached hydrogens (tertiary/aromatic N) is 1. The summed E-state index contributed by atoms with van der Waals surface area (Å²) < 4.78 is 4.55. The fraction of sp³-hybridized carbons (Fsp3) is 0.714. The normalized spacial score (nSPS) is 15.9. The van der Waals surface area contributed by atoms with Crippen molar-refractivity contribution in [3.63, 3.8) is 0 Å². The molecule has 0 radical (unpaired) electrons. The Morgan fingerprint density at radius 3 is 2.09 bits per heavy atom. The van der Waals surface area contributed by atoms with Crippen molar-refractivity contribution in [2.24, 2.45) is 5.92 Å². The van der Waals surface area contributed by atoms with E-state index in [9.17, 15) is 19.2 Å². The minimum absolute atomic E-state index is 0.132. The minimum atomic E-state index is -0.901. The van der Waals surface area contributed by atoms with Crippen LogP contribution in [0.5, 0.6) is 0 Å². The van der Waals surface area contributed by atoms with Crippen LogP contribution in [0.2, 0.25) is 0 Å². The Morgan fingerprint density at radius 1 is 1.02 bits per heavy atom. The number of hydrogen-bond acceptors (Lipinski definition) is 6. The van der Waals surface area contributed by atoms with Crippen molar-refractivity contribution in [3.05, 3.63) is 35.4 Å². The second-order valence-corrected chi connectivity index (χ2v) is 11.8. The first kappa shape index (κ1) is 42.4. The first-order valence-electron chi connectivity index (χ1n) is 16.3. The maximum atomic E-state index is 11.4. The van der Waals surface area contributed by atoms with E-state index in [2.05, 4.69) is 36.0 Å². The van der Waals surface area contributed by atoms with Gasteiger partial charge < -0.3 is 24.9 Å². The zero-order chi connectivity index (χ0) is 33.1. The number of carbonyl (C=O) groups is 4. The van der Waals surface area contributed by atoms with Gasteiger partial charge in [-0.25, -0.2) is 4.79 Å². The van der Waals surface area contributed by atoms with Gasteiger partial charge in [-0.15, -0.1) is 0 Å². The Labute approximate surface area is 262 Å². The SMILES string of the molecule is CC.CC(C)(C)OC=O.CC1CCCCC1.CCCCCc1cccc(CC=O)c1.CNCC(=O)N1CCCC1C(=O)O. The van der Waals surface area contributed by atoms with Crippen molar-refractivity contribution in [1.29, 1.82) is 0 Å². The summed E-state index contributed by atoms with van der Waals surface area (Å²) in [7, 11) is 1.67. The van der Waals surface area contributed by atoms with Crippen LogP contribution in [0.3, 0.4) is 0 Å². The van der Waals surface area contributed by atoms with Crippen molar-refractivity contribution >= 4 is 24.6 Å². The van der Waals surface area contributed by atoms with Crippen LogP contribution in [0.15, 0.2) is 24.3 Å². The lowest BCUT2D eigenvalue weighted by Gasteiger charge is -2.20. The molecule has 0 aromatic heterocycles. The lowest BCUT2D eigenvalue weighted by Crippen LogP contribution is -2.43. The summed E-state index contributed by atoms with van der Waals surface area (Å²) in [6.45, 7) is 15.3. The molecule has 2 N–H and O–H groups in total. The van der Waals surface area contributed by atoms with Crippen LogP contribution in [-0.4, -0.2) is 66.4 Å². The van der Waals surface area contributed by atoms with E-state index < -0.39 is 12.0 Å². The van der Waals surface area contributed by atoms with Crippen LogP contribution in [0.1, 0.15) is 124 Å². The molecule has 8 heteroatoms. The van der Waals surface area contributed by atoms with Crippen LogP contribution in [0.25, 0.3) is 0 Å². The summed E-state index contributed by atoms with van der Waals surface area (Å²) in [6, 6.07) is 7.73. The van der Waals surface area contributed by atoms with Gasteiger partial charge in [0.2, 0.25) is 5.91 Å². The molecule has 0 bridgehead atoms. The lowest BCUT2D eigenvalue weighted by molar-refractivity contribution is -0.147. The topological polar surface area (TPSA) is 113 Å². The lowest BCUT2D eigenvalue weighted by atomic mass is 9.91. The van der Waals surface area contributed by atoms with E-state index in [0.29, 0.717) is 25.9 Å². The number of amides is 1. The molecule has 3 rings (SSSR count). The highest BCUT2D eigenvalue weighted by atomic mass is 16.5. The van der Waals surface area contributed by atoms with Crippen LogP contribution in [0.4, 0.5) is 0 Å². The molecule has 8 nitrogen and oxygen atoms in total. The van der Waals surface area contributed by atoms with E-state index in [-0.39, 0.29) is 18.1 Å². The molecule has 1 saturated heterocycles. The Hall–Kier alpha value is -2.74. The maximum Gasteiger partial charge on any atom is 0.326 e. The standard InChI is InChI=1S/C13H18O.C8H14N2O3.C7H14.C5H10O2.C2H6/c1-2-3-4-6-12-7-5-8-13(11-12)9-10-14;1-9-5-7(11)10-4-2-3-6(10)8(12)13;1-7-5-3-2-4-6-7;1-5(2,3)7-4-6;1-2/h5,7-8,10-11H,2-4,6,9H2,1H3;6,9H,2-5H2,1H3,(H,12,13);7H,2-6H2,1H3;4H,1-3H3;1-2H3. The monoisotopic (exact) mass is 606 g/mol. The second-order valence-electron chi connectivity index (χ2n) is 11.8. The van der Waals surface area contributed by atoms with Crippen LogP contribution >= 0.6 is 0 Å². The van der Waals surface area contributed by atoms with Crippen LogP contribution in [0, 0.1) is 5.92 Å². The number of hydrogen-bond donors (Lipinski definition) is 2. The number of carboxylic acids is 1. The van der Waals surface area contributed by atoms with Gasteiger partial charge in [0.1, 0.15) is 17.9 Å². The van der Waals surface area contributed by atoms with E-state index in [1.807, 2.05) is 46.8 Å². The van der Waals surface area contributed by atoms with E-state index in [4.69, 9.17) is 5.11 Å². The van der Waals surface area contributed by atoms with Crippen LogP contribution < -0.4 is 5.32 Å². The molecule has 1 aromatic rings. The van der Waals surface area contributed by atoms with Gasteiger partial charge in [0.05, 0.1) is 6.54 Å². The van der Waals surface area contributed by atoms with Gasteiger partial charge in [-0.3, -0.25) is 9.59 Å². The number of ether oxygens (including phenoxy) is 1. The van der Waals surface area contributed by atoms with Gasteiger partial charge in [-0.05, 0) is 70.5 Å². The second kappa shape index (κ2) is 26.9. The first-order valence-corrected chi connectivity index (χ1v) is 16.3. The minimum Gasteiger partial charge on any atom is -0.480 e. The van der Waals surface area contributed by atoms with Gasteiger partial charge in [0.25, 0.3) is 6.47 Å². The number of unbranched alkanes of at least 4 members (excludes halogenated alkanes) is 2. The number of rotatable bonds is 10. The molecule has 1 aliphatic heterocycles. The van der Waals surface area contributed by atoms with E-state index >= 15 is 0 Å². The van der Waals surface area contributed by atoms with Crippen molar-refractivity contribution in [2.45, 2.75) is 137 Å². The molecular formula is C35H62N2O6. The molecular weight excluding hydrogens is 544 g/mol. The van der Waals surface area contributed by atoms with Crippen molar-refractivity contribution < 1.29 is 29.0 Å². The summed E-state index contributed by atoms with van der Waals surface area (Å²) in [5.41, 5.74) is 2.17. The van der Waals surface area contributed by atoms with Gasteiger partial charge in [-0.1, -0.05) is 96.9 Å². The maximum absolute atomic E-state index is 11.4. The highest BCUT2D eigenvalue weighted by Gasteiger charge is 2.33. The molecule has 1 aromatic carbocycles. The Morgan fingerprint density at radius 2 is 1.65 bits per heavy atom. The molecule has 0 spiro atoms. The predicted octanol–water partition coefficient (Wildman–Crippen LogP) is 7.01. The van der Waals surface area contributed by atoms with Crippen LogP contribution in [-0.2, 0) is 36.8 Å². The largest absolute Gasteiger partial charge is 0.480 e. The van der Waals surface area contributed by atoms with Gasteiger partial charge in [-0.2, -0.15) is 0 Å². The number of benzene rings is 1. The molecule has 1 unspecified atom stereocenters. The molecule has 1 aliphatic carbocycles. The Balaban J connectivity index is 0. The Kier molecular flexibility index (Phi) is 26.5. The summed E-state index contributed by atoms with van der Waals surface area (Å²) in [5, 5.41) is 11.5. The highest BCUT2D eigenvalue weighted by molar-refractivity contribution is 5.85. The first-order chi connectivity index (χ1) is 20.5. The molecule has 248 valence electrons. The zero-order valence-corrected chi connectivity index (χ0v) is 28.5. The smallest absolute Gasteiger partial charge is 0.326 e. The number of aldehydes is 1. The van der Waals surface area contributed by atoms with E-state index in [1.165, 1.54) is 61.8 Å². The third kappa shape index (κ3) is 23.4. The number of carboxylic acid groups (broad SMARTS) is 1. The van der Waals surface area contributed by atoms with E-state index in [1.54, 1.807) is 7.05 Å². The number of carbonyl (C=O) groups excluding carboxylic acids is 3. The molecule has 1 atom stereocenters.